The van der Waals surface area contributed by atoms with Crippen LogP contribution in [0.1, 0.15) is 19.8 Å². The van der Waals surface area contributed by atoms with E-state index in [0.717, 1.165) is 0 Å². The molecule has 0 aliphatic heterocycles. The summed E-state index contributed by atoms with van der Waals surface area (Å²) in [5.41, 5.74) is 0. The fraction of sp³-hybridized carbons (Fsp3) is 0.889. The first-order valence-electron chi connectivity index (χ1n) is 4.72. The SMILES string of the molecule is COCCS(=O)(=O)C1CCC(=O)C1C. The lowest BCUT2D eigenvalue weighted by molar-refractivity contribution is -0.120. The summed E-state index contributed by atoms with van der Waals surface area (Å²) in [5, 5.41) is -0.481. The van der Waals surface area contributed by atoms with Crippen LogP contribution in [0, 0.1) is 5.92 Å². The van der Waals surface area contributed by atoms with Crippen molar-refractivity contribution in [3.05, 3.63) is 0 Å². The highest BCUT2D eigenvalue weighted by molar-refractivity contribution is 7.92. The van der Waals surface area contributed by atoms with Crippen LogP contribution in [0.25, 0.3) is 0 Å². The summed E-state index contributed by atoms with van der Waals surface area (Å²) >= 11 is 0. The van der Waals surface area contributed by atoms with E-state index in [2.05, 4.69) is 0 Å². The van der Waals surface area contributed by atoms with Crippen LogP contribution >= 0.6 is 0 Å². The molecule has 1 aliphatic rings. The summed E-state index contributed by atoms with van der Waals surface area (Å²) in [6.07, 6.45) is 0.879. The van der Waals surface area contributed by atoms with Gasteiger partial charge in [0, 0.05) is 19.4 Å². The van der Waals surface area contributed by atoms with Gasteiger partial charge in [-0.2, -0.15) is 0 Å². The lowest BCUT2D eigenvalue weighted by Crippen LogP contribution is -2.29. The van der Waals surface area contributed by atoms with Gasteiger partial charge < -0.3 is 4.74 Å². The minimum atomic E-state index is -3.15. The Hall–Kier alpha value is -0.420. The van der Waals surface area contributed by atoms with Gasteiger partial charge in [0.15, 0.2) is 9.84 Å². The number of rotatable bonds is 4. The van der Waals surface area contributed by atoms with Crippen molar-refractivity contribution < 1.29 is 17.9 Å². The Morgan fingerprint density at radius 3 is 2.57 bits per heavy atom. The summed E-state index contributed by atoms with van der Waals surface area (Å²) in [5.74, 6) is -0.251. The third-order valence-corrected chi connectivity index (χ3v) is 5.08. The molecule has 0 saturated heterocycles. The van der Waals surface area contributed by atoms with Crippen molar-refractivity contribution in [1.29, 1.82) is 0 Å². The van der Waals surface area contributed by atoms with E-state index in [1.165, 1.54) is 7.11 Å². The fourth-order valence-corrected chi connectivity index (χ4v) is 3.76. The molecular formula is C9H16O4S. The normalized spacial score (nSPS) is 28.3. The molecule has 2 unspecified atom stereocenters. The van der Waals surface area contributed by atoms with Gasteiger partial charge in [0.2, 0.25) is 0 Å². The smallest absolute Gasteiger partial charge is 0.156 e. The van der Waals surface area contributed by atoms with Crippen molar-refractivity contribution in [2.24, 2.45) is 5.92 Å². The monoisotopic (exact) mass is 220 g/mol. The van der Waals surface area contributed by atoms with Gasteiger partial charge in [-0.25, -0.2) is 8.42 Å². The summed E-state index contributed by atoms with van der Waals surface area (Å²) in [6.45, 7) is 1.91. The molecule has 0 aromatic carbocycles. The summed E-state index contributed by atoms with van der Waals surface area (Å²) in [7, 11) is -1.68. The largest absolute Gasteiger partial charge is 0.384 e. The van der Waals surface area contributed by atoms with E-state index in [-0.39, 0.29) is 24.1 Å². The zero-order valence-electron chi connectivity index (χ0n) is 8.52. The molecule has 1 aliphatic carbocycles. The molecule has 14 heavy (non-hydrogen) atoms. The van der Waals surface area contributed by atoms with Crippen LogP contribution in [0.2, 0.25) is 0 Å². The van der Waals surface area contributed by atoms with E-state index in [1.807, 2.05) is 0 Å². The van der Waals surface area contributed by atoms with E-state index in [4.69, 9.17) is 4.74 Å². The molecule has 0 spiro atoms. The van der Waals surface area contributed by atoms with Crippen molar-refractivity contribution in [1.82, 2.24) is 0 Å². The molecule has 0 aromatic heterocycles. The second-order valence-corrected chi connectivity index (χ2v) is 6.03. The van der Waals surface area contributed by atoms with Crippen LogP contribution in [-0.4, -0.2) is 38.9 Å². The molecule has 2 atom stereocenters. The molecule has 0 heterocycles. The predicted molar refractivity (Wildman–Crippen MR) is 52.9 cm³/mol. The maximum atomic E-state index is 11.7. The molecule has 1 fully saturated rings. The van der Waals surface area contributed by atoms with Crippen LogP contribution < -0.4 is 0 Å². The zero-order valence-corrected chi connectivity index (χ0v) is 9.34. The number of Topliss-reactive ketones (excluding diaryl/α,β-unsaturated/α-hetero) is 1. The predicted octanol–water partition coefficient (Wildman–Crippen LogP) is 0.415. The maximum absolute atomic E-state index is 11.7. The summed E-state index contributed by atoms with van der Waals surface area (Å²) in [6, 6.07) is 0. The van der Waals surface area contributed by atoms with Crippen molar-refractivity contribution in [2.45, 2.75) is 25.0 Å². The Balaban J connectivity index is 2.69. The first kappa shape index (κ1) is 11.7. The van der Waals surface area contributed by atoms with E-state index in [0.29, 0.717) is 12.8 Å². The van der Waals surface area contributed by atoms with Crippen LogP contribution in [0.5, 0.6) is 0 Å². The van der Waals surface area contributed by atoms with E-state index in [1.54, 1.807) is 6.92 Å². The molecule has 0 amide bonds. The number of sulfone groups is 1. The van der Waals surface area contributed by atoms with Gasteiger partial charge in [-0.05, 0) is 6.42 Å². The van der Waals surface area contributed by atoms with Crippen LogP contribution in [0.15, 0.2) is 0 Å². The first-order valence-corrected chi connectivity index (χ1v) is 6.44. The van der Waals surface area contributed by atoms with Gasteiger partial charge in [-0.3, -0.25) is 4.79 Å². The minimum absolute atomic E-state index is 0.0196. The molecule has 82 valence electrons. The fourth-order valence-electron chi connectivity index (χ4n) is 1.81. The van der Waals surface area contributed by atoms with Gasteiger partial charge in [-0.15, -0.1) is 0 Å². The van der Waals surface area contributed by atoms with Gasteiger partial charge in [0.05, 0.1) is 17.6 Å². The second-order valence-electron chi connectivity index (χ2n) is 3.69. The Bertz CT molecular complexity index is 307. The van der Waals surface area contributed by atoms with E-state index < -0.39 is 15.1 Å². The molecule has 0 bridgehead atoms. The molecule has 5 heteroatoms. The third-order valence-electron chi connectivity index (χ3n) is 2.77. The minimum Gasteiger partial charge on any atom is -0.384 e. The molecule has 1 rings (SSSR count). The molecule has 0 radical (unpaired) electrons. The molecule has 0 N–H and O–H groups in total. The number of ketones is 1. The van der Waals surface area contributed by atoms with Gasteiger partial charge in [0.1, 0.15) is 5.78 Å². The zero-order chi connectivity index (χ0) is 10.8. The number of carbonyl (C=O) groups is 1. The quantitative estimate of drug-likeness (QED) is 0.688. The number of ether oxygens (including phenoxy) is 1. The Labute approximate surface area is 84.6 Å². The molecule has 1 saturated carbocycles. The summed E-state index contributed by atoms with van der Waals surface area (Å²) < 4.78 is 28.2. The number of carbonyl (C=O) groups excluding carboxylic acids is 1. The highest BCUT2D eigenvalue weighted by Crippen LogP contribution is 2.28. The molecular weight excluding hydrogens is 204 g/mol. The van der Waals surface area contributed by atoms with Crippen molar-refractivity contribution in [3.8, 4) is 0 Å². The lowest BCUT2D eigenvalue weighted by Gasteiger charge is -2.14. The lowest BCUT2D eigenvalue weighted by atomic mass is 10.1. The number of hydrogen-bond donors (Lipinski definition) is 0. The Morgan fingerprint density at radius 1 is 1.50 bits per heavy atom. The van der Waals surface area contributed by atoms with E-state index >= 15 is 0 Å². The van der Waals surface area contributed by atoms with E-state index in [9.17, 15) is 13.2 Å². The molecule has 4 nitrogen and oxygen atoms in total. The van der Waals surface area contributed by atoms with Crippen molar-refractivity contribution in [3.63, 3.8) is 0 Å². The topological polar surface area (TPSA) is 60.4 Å². The van der Waals surface area contributed by atoms with Crippen LogP contribution in [-0.2, 0) is 19.4 Å². The average molecular weight is 220 g/mol. The van der Waals surface area contributed by atoms with Crippen molar-refractivity contribution >= 4 is 15.6 Å². The Morgan fingerprint density at radius 2 is 2.14 bits per heavy atom. The highest BCUT2D eigenvalue weighted by Gasteiger charge is 2.39. The van der Waals surface area contributed by atoms with Gasteiger partial charge in [-0.1, -0.05) is 6.92 Å². The van der Waals surface area contributed by atoms with Crippen molar-refractivity contribution in [2.75, 3.05) is 19.5 Å². The standard InChI is InChI=1S/C9H16O4S/c1-7-8(10)3-4-9(7)14(11,12)6-5-13-2/h7,9H,3-6H2,1-2H3. The maximum Gasteiger partial charge on any atom is 0.156 e. The van der Waals surface area contributed by atoms with Gasteiger partial charge in [0.25, 0.3) is 0 Å². The highest BCUT2D eigenvalue weighted by atomic mass is 32.2. The number of hydrogen-bond acceptors (Lipinski definition) is 4. The molecule has 0 aromatic rings. The Kier molecular flexibility index (Phi) is 3.66. The summed E-state index contributed by atoms with van der Waals surface area (Å²) in [4.78, 5) is 11.2. The van der Waals surface area contributed by atoms with Crippen LogP contribution in [0.4, 0.5) is 0 Å². The second kappa shape index (κ2) is 4.40. The van der Waals surface area contributed by atoms with Gasteiger partial charge >= 0.3 is 0 Å². The van der Waals surface area contributed by atoms with Crippen LogP contribution in [0.3, 0.4) is 0 Å². The average Bonchev–Trinajstić information content (AvgIpc) is 2.45. The first-order chi connectivity index (χ1) is 6.49. The third kappa shape index (κ3) is 2.33. The number of methoxy groups -OCH3 is 1.